The van der Waals surface area contributed by atoms with Crippen molar-refractivity contribution >= 4 is 27.2 Å². The van der Waals surface area contributed by atoms with Gasteiger partial charge in [0.25, 0.3) is 0 Å². The maximum atomic E-state index is 5.91. The number of thiophene rings is 1. The largest absolute Gasteiger partial charge is 0.399 e. The third-order valence-electron chi connectivity index (χ3n) is 3.96. The minimum absolute atomic E-state index is 0.760. The highest BCUT2D eigenvalue weighted by molar-refractivity contribution is 7.22. The summed E-state index contributed by atoms with van der Waals surface area (Å²) in [6.07, 6.45) is 6.33. The van der Waals surface area contributed by atoms with Gasteiger partial charge in [0.05, 0.1) is 15.9 Å². The molecule has 0 saturated carbocycles. The number of nitrogens with zero attached hydrogens (tertiary/aromatic N) is 3. The lowest BCUT2D eigenvalue weighted by Gasteiger charge is -2.03. The first-order chi connectivity index (χ1) is 11.7. The number of hydrogen-bond acceptors (Lipinski definition) is 5. The Morgan fingerprint density at radius 3 is 2.79 bits per heavy atom. The number of aryl methyl sites for hydroxylation is 1. The minimum atomic E-state index is 0.760. The second kappa shape index (κ2) is 6.02. The van der Waals surface area contributed by atoms with Gasteiger partial charge in [0.1, 0.15) is 6.33 Å². The first kappa shape index (κ1) is 14.8. The van der Waals surface area contributed by atoms with Crippen LogP contribution in [0.3, 0.4) is 0 Å². The highest BCUT2D eigenvalue weighted by atomic mass is 32.1. The van der Waals surface area contributed by atoms with E-state index in [4.69, 9.17) is 5.73 Å². The van der Waals surface area contributed by atoms with E-state index in [1.165, 1.54) is 5.56 Å². The van der Waals surface area contributed by atoms with Crippen molar-refractivity contribution in [2.75, 3.05) is 5.73 Å². The van der Waals surface area contributed by atoms with Gasteiger partial charge in [-0.05, 0) is 41.8 Å². The summed E-state index contributed by atoms with van der Waals surface area (Å²) in [7, 11) is 0. The van der Waals surface area contributed by atoms with E-state index < -0.39 is 0 Å². The van der Waals surface area contributed by atoms with Crippen molar-refractivity contribution < 1.29 is 0 Å². The number of hydrogen-bond donors (Lipinski definition) is 1. The van der Waals surface area contributed by atoms with Gasteiger partial charge in [-0.25, -0.2) is 9.97 Å². The average molecular weight is 332 g/mol. The third-order valence-corrected chi connectivity index (χ3v) is 5.14. The van der Waals surface area contributed by atoms with E-state index in [2.05, 4.69) is 40.1 Å². The summed E-state index contributed by atoms with van der Waals surface area (Å²) >= 11 is 1.69. The Labute approximate surface area is 144 Å². The molecule has 0 unspecified atom stereocenters. The number of fused-ring (bicyclic) bond motifs is 1. The summed E-state index contributed by atoms with van der Waals surface area (Å²) in [5.74, 6) is 0. The fraction of sp³-hybridized carbons (Fsp3) is 0.105. The van der Waals surface area contributed by atoms with E-state index in [-0.39, 0.29) is 0 Å². The Hall–Kier alpha value is -2.79. The van der Waals surface area contributed by atoms with Gasteiger partial charge >= 0.3 is 0 Å². The molecule has 5 heteroatoms. The number of benzene rings is 1. The van der Waals surface area contributed by atoms with Crippen LogP contribution in [0.1, 0.15) is 12.5 Å². The molecule has 0 amide bonds. The first-order valence-corrected chi connectivity index (χ1v) is 8.61. The molecule has 4 aromatic rings. The van der Waals surface area contributed by atoms with Crippen molar-refractivity contribution in [3.05, 3.63) is 60.7 Å². The Kier molecular flexibility index (Phi) is 3.70. The normalized spacial score (nSPS) is 11.0. The molecule has 0 aliphatic carbocycles. The third kappa shape index (κ3) is 2.63. The molecule has 0 aliphatic rings. The first-order valence-electron chi connectivity index (χ1n) is 7.79. The molecule has 0 radical (unpaired) electrons. The Morgan fingerprint density at radius 2 is 1.96 bits per heavy atom. The molecule has 24 heavy (non-hydrogen) atoms. The SMILES string of the molecule is CCc1cncc(-c2ncnc3cc(-c4cccc(N)c4)sc23)c1. The quantitative estimate of drug-likeness (QED) is 0.558. The summed E-state index contributed by atoms with van der Waals surface area (Å²) in [4.78, 5) is 14.4. The Balaban J connectivity index is 1.88. The van der Waals surface area contributed by atoms with Gasteiger partial charge in [-0.1, -0.05) is 19.1 Å². The molecule has 4 rings (SSSR count). The molecule has 0 aliphatic heterocycles. The van der Waals surface area contributed by atoms with Gasteiger partial charge < -0.3 is 5.73 Å². The number of pyridine rings is 1. The zero-order valence-corrected chi connectivity index (χ0v) is 14.0. The van der Waals surface area contributed by atoms with Crippen LogP contribution >= 0.6 is 11.3 Å². The molecule has 3 aromatic heterocycles. The maximum absolute atomic E-state index is 5.91. The summed E-state index contributed by atoms with van der Waals surface area (Å²) in [6.45, 7) is 2.12. The number of anilines is 1. The molecule has 0 bridgehead atoms. The topological polar surface area (TPSA) is 64.7 Å². The van der Waals surface area contributed by atoms with Gasteiger partial charge in [-0.3, -0.25) is 4.98 Å². The van der Waals surface area contributed by atoms with Crippen molar-refractivity contribution in [3.8, 4) is 21.7 Å². The number of aromatic nitrogens is 3. The van der Waals surface area contributed by atoms with Crippen LogP contribution in [0.25, 0.3) is 31.9 Å². The second-order valence-corrected chi connectivity index (χ2v) is 6.66. The van der Waals surface area contributed by atoms with E-state index in [1.54, 1.807) is 17.7 Å². The van der Waals surface area contributed by atoms with Crippen LogP contribution in [0.2, 0.25) is 0 Å². The van der Waals surface area contributed by atoms with Crippen LogP contribution in [-0.2, 0) is 6.42 Å². The lowest BCUT2D eigenvalue weighted by molar-refractivity contribution is 1.10. The van der Waals surface area contributed by atoms with Crippen molar-refractivity contribution in [3.63, 3.8) is 0 Å². The maximum Gasteiger partial charge on any atom is 0.116 e. The smallest absolute Gasteiger partial charge is 0.116 e. The predicted octanol–water partition coefficient (Wildman–Crippen LogP) is 4.56. The number of nitrogens with two attached hydrogens (primary N) is 1. The van der Waals surface area contributed by atoms with E-state index in [0.29, 0.717) is 0 Å². The summed E-state index contributed by atoms with van der Waals surface area (Å²) in [5, 5.41) is 0. The molecule has 4 nitrogen and oxygen atoms in total. The molecule has 2 N–H and O–H groups in total. The van der Waals surface area contributed by atoms with Crippen molar-refractivity contribution in [1.82, 2.24) is 15.0 Å². The Morgan fingerprint density at radius 1 is 1.04 bits per heavy atom. The molecule has 1 aromatic carbocycles. The lowest BCUT2D eigenvalue weighted by atomic mass is 10.1. The van der Waals surface area contributed by atoms with E-state index >= 15 is 0 Å². The van der Waals surface area contributed by atoms with Crippen molar-refractivity contribution in [1.29, 1.82) is 0 Å². The van der Waals surface area contributed by atoms with Gasteiger partial charge in [0, 0.05) is 28.5 Å². The Bertz CT molecular complexity index is 1020. The summed E-state index contributed by atoms with van der Waals surface area (Å²) in [5.41, 5.74) is 11.9. The van der Waals surface area contributed by atoms with Gasteiger partial charge in [-0.15, -0.1) is 11.3 Å². The van der Waals surface area contributed by atoms with Crippen LogP contribution in [-0.4, -0.2) is 15.0 Å². The molecule has 0 fully saturated rings. The second-order valence-electron chi connectivity index (χ2n) is 5.61. The lowest BCUT2D eigenvalue weighted by Crippen LogP contribution is -1.89. The van der Waals surface area contributed by atoms with Crippen LogP contribution in [0.5, 0.6) is 0 Å². The monoisotopic (exact) mass is 332 g/mol. The number of rotatable bonds is 3. The highest BCUT2D eigenvalue weighted by Gasteiger charge is 2.12. The van der Waals surface area contributed by atoms with Gasteiger partial charge in [0.2, 0.25) is 0 Å². The van der Waals surface area contributed by atoms with Crippen molar-refractivity contribution in [2.24, 2.45) is 0 Å². The standard InChI is InChI=1S/C19H16N4S/c1-2-12-6-14(10-21-9-12)18-19-16(22-11-23-18)8-17(24-19)13-4-3-5-15(20)7-13/h3-11H,2,20H2,1H3. The molecule has 0 spiro atoms. The van der Waals surface area contributed by atoms with Crippen molar-refractivity contribution in [2.45, 2.75) is 13.3 Å². The average Bonchev–Trinajstić information content (AvgIpc) is 3.06. The minimum Gasteiger partial charge on any atom is -0.399 e. The zero-order valence-electron chi connectivity index (χ0n) is 13.2. The van der Waals surface area contributed by atoms with E-state index in [9.17, 15) is 0 Å². The van der Waals surface area contributed by atoms with Crippen LogP contribution in [0, 0.1) is 0 Å². The highest BCUT2D eigenvalue weighted by Crippen LogP contribution is 2.37. The van der Waals surface area contributed by atoms with Crippen LogP contribution < -0.4 is 5.73 Å². The molecular formula is C19H16N4S. The van der Waals surface area contributed by atoms with Crippen LogP contribution in [0.4, 0.5) is 5.69 Å². The fourth-order valence-electron chi connectivity index (χ4n) is 2.70. The zero-order chi connectivity index (χ0) is 16.5. The summed E-state index contributed by atoms with van der Waals surface area (Å²) in [6, 6.07) is 12.1. The molecular weight excluding hydrogens is 316 g/mol. The molecule has 0 saturated heterocycles. The predicted molar refractivity (Wildman–Crippen MR) is 99.9 cm³/mol. The fourth-order valence-corrected chi connectivity index (χ4v) is 3.82. The van der Waals surface area contributed by atoms with Gasteiger partial charge in [-0.2, -0.15) is 0 Å². The molecule has 118 valence electrons. The number of nitrogen functional groups attached to an aromatic ring is 1. The van der Waals surface area contributed by atoms with E-state index in [1.807, 2.05) is 30.6 Å². The molecule has 0 atom stereocenters. The van der Waals surface area contributed by atoms with E-state index in [0.717, 1.165) is 44.0 Å². The summed E-state index contributed by atoms with van der Waals surface area (Å²) < 4.78 is 1.07. The molecule has 3 heterocycles. The van der Waals surface area contributed by atoms with Crippen LogP contribution in [0.15, 0.2) is 55.1 Å². The van der Waals surface area contributed by atoms with Gasteiger partial charge in [0.15, 0.2) is 0 Å².